The van der Waals surface area contributed by atoms with Crippen molar-refractivity contribution in [3.8, 4) is 0 Å². The van der Waals surface area contributed by atoms with E-state index in [2.05, 4.69) is 12.2 Å². The van der Waals surface area contributed by atoms with E-state index in [9.17, 15) is 4.39 Å². The Hall–Kier alpha value is -0.930. The predicted octanol–water partition coefficient (Wildman–Crippen LogP) is 3.08. The largest absolute Gasteiger partial charge is 0.385 e. The zero-order chi connectivity index (χ0) is 13.4. The van der Waals surface area contributed by atoms with Crippen LogP contribution in [0.1, 0.15) is 30.9 Å². The molecule has 0 amide bonds. The highest BCUT2D eigenvalue weighted by Gasteiger charge is 2.10. The lowest BCUT2D eigenvalue weighted by atomic mass is 9.98. The number of hydrogen-bond acceptors (Lipinski definition) is 2. The predicted molar refractivity (Wildman–Crippen MR) is 73.4 cm³/mol. The summed E-state index contributed by atoms with van der Waals surface area (Å²) in [6, 6.07) is 5.48. The highest BCUT2D eigenvalue weighted by molar-refractivity contribution is 5.27. The summed E-state index contributed by atoms with van der Waals surface area (Å²) in [7, 11) is 1.73. The van der Waals surface area contributed by atoms with Crippen LogP contribution >= 0.6 is 0 Å². The maximum Gasteiger partial charge on any atom is 0.123 e. The standard InChI is InChI=1S/C15H24FNO/c1-4-17-15(6-5-9-18-3)11-13-7-8-14(16)10-12(13)2/h7-8,10,15,17H,4-6,9,11H2,1-3H3. The van der Waals surface area contributed by atoms with Crippen LogP contribution < -0.4 is 5.32 Å². The second kappa shape index (κ2) is 8.22. The minimum Gasteiger partial charge on any atom is -0.385 e. The van der Waals surface area contributed by atoms with Gasteiger partial charge in [0.15, 0.2) is 0 Å². The van der Waals surface area contributed by atoms with Crippen molar-refractivity contribution < 1.29 is 9.13 Å². The van der Waals surface area contributed by atoms with Gasteiger partial charge in [0.1, 0.15) is 5.82 Å². The summed E-state index contributed by atoms with van der Waals surface area (Å²) >= 11 is 0. The normalized spacial score (nSPS) is 12.7. The molecule has 2 nitrogen and oxygen atoms in total. The van der Waals surface area contributed by atoms with Gasteiger partial charge in [-0.25, -0.2) is 4.39 Å². The number of rotatable bonds is 8. The lowest BCUT2D eigenvalue weighted by Gasteiger charge is -2.19. The molecule has 102 valence electrons. The van der Waals surface area contributed by atoms with E-state index in [0.29, 0.717) is 6.04 Å². The molecule has 0 heterocycles. The molecular weight excluding hydrogens is 229 g/mol. The first-order valence-electron chi connectivity index (χ1n) is 6.64. The Morgan fingerprint density at radius 3 is 2.78 bits per heavy atom. The molecule has 1 atom stereocenters. The Morgan fingerprint density at radius 2 is 2.17 bits per heavy atom. The maximum atomic E-state index is 13.0. The second-order valence-corrected chi connectivity index (χ2v) is 4.66. The fourth-order valence-electron chi connectivity index (χ4n) is 2.19. The molecule has 0 saturated heterocycles. The van der Waals surface area contributed by atoms with E-state index in [4.69, 9.17) is 4.74 Å². The summed E-state index contributed by atoms with van der Waals surface area (Å²) in [6.07, 6.45) is 3.08. The average Bonchev–Trinajstić information content (AvgIpc) is 2.33. The van der Waals surface area contributed by atoms with Crippen LogP contribution in [0.15, 0.2) is 18.2 Å². The molecule has 0 aliphatic heterocycles. The highest BCUT2D eigenvalue weighted by Crippen LogP contribution is 2.14. The lowest BCUT2D eigenvalue weighted by molar-refractivity contribution is 0.188. The number of likely N-dealkylation sites (N-methyl/N-ethyl adjacent to an activating group) is 1. The van der Waals surface area contributed by atoms with E-state index >= 15 is 0 Å². The third-order valence-corrected chi connectivity index (χ3v) is 3.16. The molecule has 0 aliphatic carbocycles. The molecule has 18 heavy (non-hydrogen) atoms. The summed E-state index contributed by atoms with van der Waals surface area (Å²) in [6.45, 7) is 5.83. The SMILES string of the molecule is CCNC(CCCOC)Cc1ccc(F)cc1C. The van der Waals surface area contributed by atoms with Gasteiger partial charge in [-0.1, -0.05) is 13.0 Å². The van der Waals surface area contributed by atoms with Crippen LogP contribution in [0, 0.1) is 12.7 Å². The van der Waals surface area contributed by atoms with E-state index < -0.39 is 0 Å². The minimum atomic E-state index is -0.157. The van der Waals surface area contributed by atoms with E-state index in [1.807, 2.05) is 13.0 Å². The molecule has 1 aromatic carbocycles. The van der Waals surface area contributed by atoms with Crippen molar-refractivity contribution in [2.24, 2.45) is 0 Å². The number of aryl methyl sites for hydroxylation is 1. The smallest absolute Gasteiger partial charge is 0.123 e. The van der Waals surface area contributed by atoms with E-state index in [0.717, 1.165) is 38.0 Å². The van der Waals surface area contributed by atoms with Gasteiger partial charge in [-0.05, 0) is 56.0 Å². The average molecular weight is 253 g/mol. The number of nitrogens with one attached hydrogen (secondary N) is 1. The summed E-state index contributed by atoms with van der Waals surface area (Å²) in [4.78, 5) is 0. The van der Waals surface area contributed by atoms with Crippen molar-refractivity contribution in [3.63, 3.8) is 0 Å². The van der Waals surface area contributed by atoms with Crippen molar-refractivity contribution in [2.75, 3.05) is 20.3 Å². The molecule has 1 aromatic rings. The fraction of sp³-hybridized carbons (Fsp3) is 0.600. The second-order valence-electron chi connectivity index (χ2n) is 4.66. The molecule has 0 fully saturated rings. The molecule has 1 N–H and O–H groups in total. The summed E-state index contributed by atoms with van der Waals surface area (Å²) in [5.41, 5.74) is 2.25. The van der Waals surface area contributed by atoms with Crippen LogP contribution in [0.2, 0.25) is 0 Å². The molecular formula is C15H24FNO. The van der Waals surface area contributed by atoms with E-state index in [1.54, 1.807) is 19.2 Å². The van der Waals surface area contributed by atoms with Crippen molar-refractivity contribution in [1.82, 2.24) is 5.32 Å². The lowest BCUT2D eigenvalue weighted by Crippen LogP contribution is -2.31. The molecule has 0 bridgehead atoms. The molecule has 0 spiro atoms. The number of ether oxygens (including phenoxy) is 1. The number of halogens is 1. The molecule has 3 heteroatoms. The van der Waals surface area contributed by atoms with Gasteiger partial charge in [-0.15, -0.1) is 0 Å². The summed E-state index contributed by atoms with van der Waals surface area (Å²) in [5.74, 6) is -0.157. The van der Waals surface area contributed by atoms with Crippen molar-refractivity contribution in [3.05, 3.63) is 35.1 Å². The highest BCUT2D eigenvalue weighted by atomic mass is 19.1. The Morgan fingerprint density at radius 1 is 1.39 bits per heavy atom. The van der Waals surface area contributed by atoms with Gasteiger partial charge < -0.3 is 10.1 Å². The zero-order valence-corrected chi connectivity index (χ0v) is 11.6. The zero-order valence-electron chi connectivity index (χ0n) is 11.6. The van der Waals surface area contributed by atoms with Crippen LogP contribution in [0.4, 0.5) is 4.39 Å². The van der Waals surface area contributed by atoms with Gasteiger partial charge in [0.25, 0.3) is 0 Å². The van der Waals surface area contributed by atoms with Gasteiger partial charge in [-0.3, -0.25) is 0 Å². The van der Waals surface area contributed by atoms with Crippen LogP contribution in [-0.4, -0.2) is 26.3 Å². The summed E-state index contributed by atoms with van der Waals surface area (Å²) < 4.78 is 18.1. The first-order valence-corrected chi connectivity index (χ1v) is 6.64. The first kappa shape index (κ1) is 15.1. The quantitative estimate of drug-likeness (QED) is 0.719. The summed E-state index contributed by atoms with van der Waals surface area (Å²) in [5, 5.41) is 3.48. The third-order valence-electron chi connectivity index (χ3n) is 3.16. The number of methoxy groups -OCH3 is 1. The topological polar surface area (TPSA) is 21.3 Å². The number of benzene rings is 1. The van der Waals surface area contributed by atoms with Gasteiger partial charge in [0.2, 0.25) is 0 Å². The molecule has 0 aliphatic rings. The van der Waals surface area contributed by atoms with Gasteiger partial charge in [0, 0.05) is 19.8 Å². The Balaban J connectivity index is 2.58. The van der Waals surface area contributed by atoms with Crippen molar-refractivity contribution >= 4 is 0 Å². The van der Waals surface area contributed by atoms with Crippen LogP contribution in [-0.2, 0) is 11.2 Å². The van der Waals surface area contributed by atoms with Crippen LogP contribution in [0.5, 0.6) is 0 Å². The van der Waals surface area contributed by atoms with Gasteiger partial charge in [-0.2, -0.15) is 0 Å². The third kappa shape index (κ3) is 5.15. The molecule has 1 unspecified atom stereocenters. The minimum absolute atomic E-state index is 0.157. The van der Waals surface area contributed by atoms with Crippen molar-refractivity contribution in [1.29, 1.82) is 0 Å². The molecule has 1 rings (SSSR count). The fourth-order valence-corrected chi connectivity index (χ4v) is 2.19. The Labute approximate surface area is 110 Å². The van der Waals surface area contributed by atoms with Gasteiger partial charge in [0.05, 0.1) is 0 Å². The Bertz CT molecular complexity index is 354. The van der Waals surface area contributed by atoms with E-state index in [-0.39, 0.29) is 5.82 Å². The first-order chi connectivity index (χ1) is 8.67. The van der Waals surface area contributed by atoms with Crippen molar-refractivity contribution in [2.45, 2.75) is 39.2 Å². The molecule has 0 radical (unpaired) electrons. The monoisotopic (exact) mass is 253 g/mol. The van der Waals surface area contributed by atoms with Gasteiger partial charge >= 0.3 is 0 Å². The van der Waals surface area contributed by atoms with E-state index in [1.165, 1.54) is 5.56 Å². The Kier molecular flexibility index (Phi) is 6.91. The van der Waals surface area contributed by atoms with Crippen LogP contribution in [0.3, 0.4) is 0 Å². The van der Waals surface area contributed by atoms with Crippen LogP contribution in [0.25, 0.3) is 0 Å². The maximum absolute atomic E-state index is 13.0. The number of hydrogen-bond donors (Lipinski definition) is 1. The molecule has 0 saturated carbocycles. The molecule has 0 aromatic heterocycles.